The standard InChI is InChI=1S/C35H37F6N3O6/c1-33(2,3)26-28(32(46)47)44(31(45)24-11-7-8-14-49-24)27(29(26)50-18-20-15-21(34(36,37)38)17-43-30(20)48-4)23-10-6-5-9-22(23)19-12-13-25(42-16-19)35(39,40)41/h5-6,9-10,12-13,15-17,24,26-29H,7-8,11,14,18H2,1-4H3,(H,46,47)/t24-,26+,27-,28-,29-/m0/s1. The molecule has 1 amide bonds. The molecule has 0 unspecified atom stereocenters. The van der Waals surface area contributed by atoms with Gasteiger partial charge in [0.15, 0.2) is 0 Å². The van der Waals surface area contributed by atoms with Gasteiger partial charge in [0.1, 0.15) is 17.8 Å². The molecule has 2 saturated heterocycles. The predicted molar refractivity (Wildman–Crippen MR) is 167 cm³/mol. The number of carbonyl (C=O) groups is 2. The Morgan fingerprint density at radius 2 is 1.70 bits per heavy atom. The molecule has 2 aliphatic rings. The minimum atomic E-state index is -4.73. The Balaban J connectivity index is 1.70. The summed E-state index contributed by atoms with van der Waals surface area (Å²) in [5.41, 5.74) is -2.15. The third-order valence-electron chi connectivity index (χ3n) is 9.09. The number of hydrogen-bond acceptors (Lipinski definition) is 7. The molecule has 0 radical (unpaired) electrons. The summed E-state index contributed by atoms with van der Waals surface area (Å²) in [6, 6.07) is 6.70. The van der Waals surface area contributed by atoms with Crippen LogP contribution in [0.1, 0.15) is 68.5 Å². The summed E-state index contributed by atoms with van der Waals surface area (Å²) in [7, 11) is 1.23. The fourth-order valence-electron chi connectivity index (χ4n) is 6.88. The number of ether oxygens (including phenoxy) is 3. The fourth-order valence-corrected chi connectivity index (χ4v) is 6.88. The molecule has 5 rings (SSSR count). The highest BCUT2D eigenvalue weighted by Gasteiger charge is 2.60. The third kappa shape index (κ3) is 7.58. The fraction of sp³-hybridized carbons (Fsp3) is 0.486. The van der Waals surface area contributed by atoms with E-state index in [1.807, 2.05) is 0 Å². The van der Waals surface area contributed by atoms with E-state index in [0.29, 0.717) is 36.6 Å². The lowest BCUT2D eigenvalue weighted by atomic mass is 9.73. The topological polar surface area (TPSA) is 111 Å². The highest BCUT2D eigenvalue weighted by molar-refractivity contribution is 5.88. The number of halogens is 6. The Hall–Kier alpha value is -4.24. The van der Waals surface area contributed by atoms with Gasteiger partial charge in [-0.2, -0.15) is 26.3 Å². The number of nitrogens with zero attached hydrogens (tertiary/aromatic N) is 3. The lowest BCUT2D eigenvalue weighted by Gasteiger charge is -2.35. The number of methoxy groups -OCH3 is 1. The molecule has 270 valence electrons. The Labute approximate surface area is 284 Å². The van der Waals surface area contributed by atoms with E-state index in [-0.39, 0.29) is 23.6 Å². The van der Waals surface area contributed by atoms with Gasteiger partial charge >= 0.3 is 18.3 Å². The van der Waals surface area contributed by atoms with Gasteiger partial charge in [-0.1, -0.05) is 51.1 Å². The number of likely N-dealkylation sites (tertiary alicyclic amines) is 1. The average molecular weight is 710 g/mol. The first kappa shape index (κ1) is 37.0. The summed E-state index contributed by atoms with van der Waals surface area (Å²) < 4.78 is 98.7. The lowest BCUT2D eigenvalue weighted by Crippen LogP contribution is -2.51. The molecule has 0 saturated carbocycles. The van der Waals surface area contributed by atoms with Gasteiger partial charge in [0, 0.05) is 36.0 Å². The summed E-state index contributed by atoms with van der Waals surface area (Å²) in [5.74, 6) is -3.03. The Morgan fingerprint density at radius 3 is 2.26 bits per heavy atom. The number of hydrogen-bond donors (Lipinski definition) is 1. The average Bonchev–Trinajstić information content (AvgIpc) is 3.42. The quantitative estimate of drug-likeness (QED) is 0.242. The van der Waals surface area contributed by atoms with Crippen molar-refractivity contribution in [3.05, 3.63) is 77.2 Å². The Kier molecular flexibility index (Phi) is 10.5. The Morgan fingerprint density at radius 1 is 0.980 bits per heavy atom. The van der Waals surface area contributed by atoms with Gasteiger partial charge in [-0.3, -0.25) is 9.78 Å². The van der Waals surface area contributed by atoms with Crippen LogP contribution in [0.25, 0.3) is 11.1 Å². The molecule has 50 heavy (non-hydrogen) atoms. The van der Waals surface area contributed by atoms with Gasteiger partial charge in [0.05, 0.1) is 31.4 Å². The summed E-state index contributed by atoms with van der Waals surface area (Å²) in [5, 5.41) is 10.8. The summed E-state index contributed by atoms with van der Waals surface area (Å²) in [6.45, 7) is 5.08. The van der Waals surface area contributed by atoms with Crippen LogP contribution in [0.5, 0.6) is 5.88 Å². The molecular weight excluding hydrogens is 672 g/mol. The van der Waals surface area contributed by atoms with Gasteiger partial charge in [-0.05, 0) is 47.9 Å². The normalized spacial score (nSPS) is 23.2. The zero-order chi connectivity index (χ0) is 36.6. The molecular formula is C35H37F6N3O6. The van der Waals surface area contributed by atoms with E-state index < -0.39 is 77.7 Å². The minimum absolute atomic E-state index is 0.0683. The number of benzene rings is 1. The molecule has 2 aliphatic heterocycles. The second-order valence-electron chi connectivity index (χ2n) is 13.4. The number of carboxylic acids is 1. The number of alkyl halides is 6. The van der Waals surface area contributed by atoms with Gasteiger partial charge in [-0.15, -0.1) is 0 Å². The number of amides is 1. The van der Waals surface area contributed by atoms with Crippen LogP contribution in [0.15, 0.2) is 54.9 Å². The number of pyridine rings is 2. The first-order valence-corrected chi connectivity index (χ1v) is 15.9. The minimum Gasteiger partial charge on any atom is -0.481 e. The molecule has 5 atom stereocenters. The highest BCUT2D eigenvalue weighted by Crippen LogP contribution is 2.52. The molecule has 1 N–H and O–H groups in total. The van der Waals surface area contributed by atoms with Crippen molar-refractivity contribution in [3.63, 3.8) is 0 Å². The molecule has 0 spiro atoms. The second kappa shape index (κ2) is 14.2. The number of carbonyl (C=O) groups excluding carboxylic acids is 1. The summed E-state index contributed by atoms with van der Waals surface area (Å²) in [4.78, 5) is 36.3. The second-order valence-corrected chi connectivity index (χ2v) is 13.4. The molecule has 2 aromatic heterocycles. The van der Waals surface area contributed by atoms with Crippen LogP contribution in [0.4, 0.5) is 26.3 Å². The molecule has 0 aliphatic carbocycles. The maximum atomic E-state index is 14.4. The number of aliphatic carboxylic acids is 1. The van der Waals surface area contributed by atoms with E-state index in [4.69, 9.17) is 14.2 Å². The predicted octanol–water partition coefficient (Wildman–Crippen LogP) is 7.34. The largest absolute Gasteiger partial charge is 0.481 e. The van der Waals surface area contributed by atoms with Crippen LogP contribution in [0, 0.1) is 11.3 Å². The van der Waals surface area contributed by atoms with Crippen LogP contribution in [0.2, 0.25) is 0 Å². The van der Waals surface area contributed by atoms with Crippen LogP contribution < -0.4 is 4.74 Å². The van der Waals surface area contributed by atoms with Crippen LogP contribution in [0.3, 0.4) is 0 Å². The van der Waals surface area contributed by atoms with E-state index in [1.165, 1.54) is 18.1 Å². The SMILES string of the molecule is COc1ncc(C(F)(F)F)cc1CO[C@H]1[C@H](C(C)(C)C)[C@@H](C(=O)O)N(C(=O)[C@@H]2CCCCO2)[C@H]1c1ccccc1-c1ccc(C(F)(F)F)nc1. The van der Waals surface area contributed by atoms with Crippen molar-refractivity contribution >= 4 is 11.9 Å². The van der Waals surface area contributed by atoms with Crippen molar-refractivity contribution in [2.75, 3.05) is 13.7 Å². The van der Waals surface area contributed by atoms with Crippen molar-refractivity contribution in [1.29, 1.82) is 0 Å². The molecule has 1 aromatic carbocycles. The molecule has 15 heteroatoms. The zero-order valence-electron chi connectivity index (χ0n) is 27.7. The number of carboxylic acid groups (broad SMARTS) is 1. The molecule has 9 nitrogen and oxygen atoms in total. The van der Waals surface area contributed by atoms with E-state index in [1.54, 1.807) is 45.0 Å². The molecule has 4 heterocycles. The van der Waals surface area contributed by atoms with Gasteiger partial charge < -0.3 is 24.2 Å². The van der Waals surface area contributed by atoms with Crippen molar-refractivity contribution in [3.8, 4) is 17.0 Å². The van der Waals surface area contributed by atoms with Gasteiger partial charge in [0.2, 0.25) is 5.88 Å². The zero-order valence-corrected chi connectivity index (χ0v) is 27.7. The lowest BCUT2D eigenvalue weighted by molar-refractivity contribution is -0.159. The van der Waals surface area contributed by atoms with E-state index in [2.05, 4.69) is 9.97 Å². The smallest absolute Gasteiger partial charge is 0.433 e. The summed E-state index contributed by atoms with van der Waals surface area (Å²) in [6.07, 6.45) is -8.20. The number of rotatable bonds is 8. The third-order valence-corrected chi connectivity index (χ3v) is 9.09. The van der Waals surface area contributed by atoms with E-state index >= 15 is 0 Å². The van der Waals surface area contributed by atoms with Crippen LogP contribution in [-0.2, 0) is 38.0 Å². The molecule has 3 aromatic rings. The monoisotopic (exact) mass is 709 g/mol. The van der Waals surface area contributed by atoms with Crippen molar-refractivity contribution < 1.29 is 55.2 Å². The van der Waals surface area contributed by atoms with Gasteiger partial charge in [-0.25, -0.2) is 9.78 Å². The molecule has 0 bridgehead atoms. The maximum absolute atomic E-state index is 14.4. The van der Waals surface area contributed by atoms with Gasteiger partial charge in [0.25, 0.3) is 5.91 Å². The van der Waals surface area contributed by atoms with E-state index in [9.17, 15) is 41.0 Å². The highest BCUT2D eigenvalue weighted by atomic mass is 19.4. The first-order chi connectivity index (χ1) is 23.4. The van der Waals surface area contributed by atoms with Crippen LogP contribution >= 0.6 is 0 Å². The summed E-state index contributed by atoms with van der Waals surface area (Å²) >= 11 is 0. The van der Waals surface area contributed by atoms with E-state index in [0.717, 1.165) is 18.3 Å². The first-order valence-electron chi connectivity index (χ1n) is 15.9. The maximum Gasteiger partial charge on any atom is 0.433 e. The van der Waals surface area contributed by atoms with Crippen molar-refractivity contribution in [2.24, 2.45) is 11.3 Å². The van der Waals surface area contributed by atoms with Crippen molar-refractivity contribution in [2.45, 2.75) is 83.3 Å². The van der Waals surface area contributed by atoms with Crippen LogP contribution in [-0.4, -0.2) is 63.8 Å². The molecule has 2 fully saturated rings. The van der Waals surface area contributed by atoms with Crippen molar-refractivity contribution in [1.82, 2.24) is 14.9 Å². The number of aromatic nitrogens is 2. The Bertz CT molecular complexity index is 1690.